The molecule has 0 aliphatic heterocycles. The monoisotopic (exact) mass is 305 g/mol. The number of aromatic nitrogens is 2. The van der Waals surface area contributed by atoms with E-state index in [0.717, 1.165) is 24.2 Å². The van der Waals surface area contributed by atoms with Crippen molar-refractivity contribution < 1.29 is 4.74 Å². The third-order valence-electron chi connectivity index (χ3n) is 4.07. The predicted octanol–water partition coefficient (Wildman–Crippen LogP) is 3.90. The Kier molecular flexibility index (Phi) is 4.46. The van der Waals surface area contributed by atoms with Crippen LogP contribution in [0.25, 0.3) is 5.69 Å². The van der Waals surface area contributed by atoms with E-state index in [4.69, 9.17) is 16.3 Å². The molecule has 5 heteroatoms. The molecular formula is C16H20ClN3O. The standard InChI is InChI=1S/C16H20ClN3O/c1-21-15-9-3-2-7-13(15)19-14-8-4-6-12(17)16(14)20-11-5-10-18-20/h4-6,8,10-11,13,15,19H,2-3,7,9H2,1H3. The van der Waals surface area contributed by atoms with Crippen molar-refractivity contribution in [3.8, 4) is 5.69 Å². The van der Waals surface area contributed by atoms with Crippen molar-refractivity contribution >= 4 is 17.3 Å². The lowest BCUT2D eigenvalue weighted by molar-refractivity contribution is 0.0606. The van der Waals surface area contributed by atoms with Crippen molar-refractivity contribution in [2.75, 3.05) is 12.4 Å². The largest absolute Gasteiger partial charge is 0.379 e. The Morgan fingerprint density at radius 3 is 2.90 bits per heavy atom. The van der Waals surface area contributed by atoms with Crippen LogP contribution in [0.3, 0.4) is 0 Å². The normalized spacial score (nSPS) is 22.2. The lowest BCUT2D eigenvalue weighted by Crippen LogP contribution is -2.38. The van der Waals surface area contributed by atoms with Crippen LogP contribution in [-0.4, -0.2) is 29.0 Å². The fourth-order valence-corrected chi connectivity index (χ4v) is 3.27. The Balaban J connectivity index is 1.90. The molecule has 0 saturated heterocycles. The number of nitrogens with one attached hydrogen (secondary N) is 1. The van der Waals surface area contributed by atoms with Gasteiger partial charge >= 0.3 is 0 Å². The molecule has 1 N–H and O–H groups in total. The number of benzene rings is 1. The lowest BCUT2D eigenvalue weighted by Gasteiger charge is -2.32. The maximum Gasteiger partial charge on any atom is 0.106 e. The SMILES string of the molecule is COC1CCCCC1Nc1cccc(Cl)c1-n1cccn1. The van der Waals surface area contributed by atoms with E-state index in [9.17, 15) is 0 Å². The van der Waals surface area contributed by atoms with Crippen molar-refractivity contribution in [1.82, 2.24) is 9.78 Å². The predicted molar refractivity (Wildman–Crippen MR) is 85.2 cm³/mol. The first-order valence-electron chi connectivity index (χ1n) is 7.37. The van der Waals surface area contributed by atoms with E-state index < -0.39 is 0 Å². The maximum atomic E-state index is 6.38. The zero-order valence-electron chi connectivity index (χ0n) is 12.1. The summed E-state index contributed by atoms with van der Waals surface area (Å²) in [4.78, 5) is 0. The van der Waals surface area contributed by atoms with E-state index in [-0.39, 0.29) is 6.10 Å². The van der Waals surface area contributed by atoms with Crippen molar-refractivity contribution in [3.63, 3.8) is 0 Å². The second kappa shape index (κ2) is 6.50. The van der Waals surface area contributed by atoms with Gasteiger partial charge < -0.3 is 10.1 Å². The van der Waals surface area contributed by atoms with Gasteiger partial charge in [0.25, 0.3) is 0 Å². The van der Waals surface area contributed by atoms with Gasteiger partial charge in [0.15, 0.2) is 0 Å². The molecule has 1 aromatic carbocycles. The molecule has 2 unspecified atom stereocenters. The summed E-state index contributed by atoms with van der Waals surface area (Å²) >= 11 is 6.38. The van der Waals surface area contributed by atoms with Crippen LogP contribution in [-0.2, 0) is 4.74 Å². The van der Waals surface area contributed by atoms with E-state index >= 15 is 0 Å². The highest BCUT2D eigenvalue weighted by Crippen LogP contribution is 2.31. The third-order valence-corrected chi connectivity index (χ3v) is 4.37. The van der Waals surface area contributed by atoms with E-state index in [2.05, 4.69) is 10.4 Å². The van der Waals surface area contributed by atoms with Crippen molar-refractivity contribution in [2.24, 2.45) is 0 Å². The average Bonchev–Trinajstić information content (AvgIpc) is 3.02. The van der Waals surface area contributed by atoms with E-state index in [1.807, 2.05) is 30.5 Å². The highest BCUT2D eigenvalue weighted by Gasteiger charge is 2.25. The second-order valence-electron chi connectivity index (χ2n) is 5.40. The van der Waals surface area contributed by atoms with Crippen molar-refractivity contribution in [2.45, 2.75) is 37.8 Å². The van der Waals surface area contributed by atoms with E-state index in [1.165, 1.54) is 12.8 Å². The highest BCUT2D eigenvalue weighted by atomic mass is 35.5. The molecule has 1 heterocycles. The molecule has 1 saturated carbocycles. The number of hydrogen-bond donors (Lipinski definition) is 1. The van der Waals surface area contributed by atoms with Crippen LogP contribution in [0.1, 0.15) is 25.7 Å². The quantitative estimate of drug-likeness (QED) is 0.931. The van der Waals surface area contributed by atoms with Crippen LogP contribution in [0.4, 0.5) is 5.69 Å². The molecule has 2 aromatic rings. The van der Waals surface area contributed by atoms with Crippen LogP contribution in [0, 0.1) is 0 Å². The molecule has 1 aromatic heterocycles. The molecule has 1 aliphatic rings. The number of anilines is 1. The molecule has 0 radical (unpaired) electrons. The Morgan fingerprint density at radius 2 is 2.14 bits per heavy atom. The van der Waals surface area contributed by atoms with Gasteiger partial charge in [-0.3, -0.25) is 0 Å². The van der Waals surface area contributed by atoms with Gasteiger partial charge in [-0.15, -0.1) is 0 Å². The summed E-state index contributed by atoms with van der Waals surface area (Å²) in [5.74, 6) is 0. The van der Waals surface area contributed by atoms with Gasteiger partial charge in [0.1, 0.15) is 5.69 Å². The summed E-state index contributed by atoms with van der Waals surface area (Å²) in [6.07, 6.45) is 8.60. The first-order valence-corrected chi connectivity index (χ1v) is 7.75. The van der Waals surface area contributed by atoms with Gasteiger partial charge in [-0.25, -0.2) is 4.68 Å². The van der Waals surface area contributed by atoms with Crippen molar-refractivity contribution in [3.05, 3.63) is 41.7 Å². The highest BCUT2D eigenvalue weighted by molar-refractivity contribution is 6.33. The van der Waals surface area contributed by atoms with Gasteiger partial charge in [-0.05, 0) is 31.0 Å². The number of methoxy groups -OCH3 is 1. The van der Waals surface area contributed by atoms with Crippen LogP contribution < -0.4 is 5.32 Å². The van der Waals surface area contributed by atoms with Gasteiger partial charge in [0, 0.05) is 19.5 Å². The Morgan fingerprint density at radius 1 is 1.29 bits per heavy atom. The Labute approximate surface area is 130 Å². The average molecular weight is 306 g/mol. The third kappa shape index (κ3) is 3.06. The molecule has 0 amide bonds. The first-order chi connectivity index (χ1) is 10.3. The molecule has 0 bridgehead atoms. The molecule has 2 atom stereocenters. The minimum atomic E-state index is 0.253. The summed E-state index contributed by atoms with van der Waals surface area (Å²) in [7, 11) is 1.79. The molecule has 0 spiro atoms. The second-order valence-corrected chi connectivity index (χ2v) is 5.80. The number of nitrogens with zero attached hydrogens (tertiary/aromatic N) is 2. The van der Waals surface area contributed by atoms with Crippen LogP contribution in [0.15, 0.2) is 36.7 Å². The minimum Gasteiger partial charge on any atom is -0.379 e. The fraction of sp³-hybridized carbons (Fsp3) is 0.438. The summed E-state index contributed by atoms with van der Waals surface area (Å²) < 4.78 is 7.42. The number of hydrogen-bond acceptors (Lipinski definition) is 3. The number of para-hydroxylation sites is 1. The molecule has 4 nitrogen and oxygen atoms in total. The fourth-order valence-electron chi connectivity index (χ4n) is 3.01. The molecule has 1 aliphatic carbocycles. The number of halogens is 1. The lowest BCUT2D eigenvalue weighted by atomic mass is 9.92. The van der Waals surface area contributed by atoms with Gasteiger partial charge in [-0.1, -0.05) is 30.5 Å². The van der Waals surface area contributed by atoms with Crippen LogP contribution in [0.2, 0.25) is 5.02 Å². The number of rotatable bonds is 4. The van der Waals surface area contributed by atoms with E-state index in [0.29, 0.717) is 11.1 Å². The van der Waals surface area contributed by atoms with Gasteiger partial charge in [0.2, 0.25) is 0 Å². The maximum absolute atomic E-state index is 6.38. The number of ether oxygens (including phenoxy) is 1. The smallest absolute Gasteiger partial charge is 0.106 e. The summed E-state index contributed by atoms with van der Waals surface area (Å²) in [6.45, 7) is 0. The minimum absolute atomic E-state index is 0.253. The molecule has 1 fully saturated rings. The topological polar surface area (TPSA) is 39.1 Å². The van der Waals surface area contributed by atoms with Crippen molar-refractivity contribution in [1.29, 1.82) is 0 Å². The molecular weight excluding hydrogens is 286 g/mol. The zero-order valence-corrected chi connectivity index (χ0v) is 12.9. The zero-order chi connectivity index (χ0) is 14.7. The van der Waals surface area contributed by atoms with E-state index in [1.54, 1.807) is 18.0 Å². The Hall–Kier alpha value is -1.52. The first kappa shape index (κ1) is 14.4. The summed E-state index contributed by atoms with van der Waals surface area (Å²) in [6, 6.07) is 8.10. The summed E-state index contributed by atoms with van der Waals surface area (Å²) in [5.41, 5.74) is 1.89. The molecule has 21 heavy (non-hydrogen) atoms. The molecule has 3 rings (SSSR count). The molecule has 112 valence electrons. The van der Waals surface area contributed by atoms with Gasteiger partial charge in [0.05, 0.1) is 22.9 Å². The Bertz CT molecular complexity index is 585. The summed E-state index contributed by atoms with van der Waals surface area (Å²) in [5, 5.41) is 8.60. The van der Waals surface area contributed by atoms with Crippen LogP contribution >= 0.6 is 11.6 Å². The van der Waals surface area contributed by atoms with Gasteiger partial charge in [-0.2, -0.15) is 5.10 Å². The van der Waals surface area contributed by atoms with Crippen LogP contribution in [0.5, 0.6) is 0 Å².